The maximum atomic E-state index is 12.5. The molecule has 3 aromatic rings. The average Bonchev–Trinajstić information content (AvgIpc) is 3.05. The Bertz CT molecular complexity index is 1170. The lowest BCUT2D eigenvalue weighted by atomic mass is 9.93. The van der Waals surface area contributed by atoms with E-state index in [0.29, 0.717) is 17.0 Å². The van der Waals surface area contributed by atoms with E-state index in [1.54, 1.807) is 12.1 Å². The molecule has 1 aliphatic rings. The molecule has 0 radical (unpaired) electrons. The predicted octanol–water partition coefficient (Wildman–Crippen LogP) is 4.08. The molecule has 2 heterocycles. The van der Waals surface area contributed by atoms with Crippen LogP contribution in [0.5, 0.6) is 0 Å². The lowest BCUT2D eigenvalue weighted by Gasteiger charge is -2.16. The van der Waals surface area contributed by atoms with Crippen LogP contribution < -0.4 is 10.6 Å². The molecule has 30 heavy (non-hydrogen) atoms. The van der Waals surface area contributed by atoms with Gasteiger partial charge in [-0.15, -0.1) is 0 Å². The van der Waals surface area contributed by atoms with Crippen LogP contribution in [-0.4, -0.2) is 22.9 Å². The summed E-state index contributed by atoms with van der Waals surface area (Å²) in [7, 11) is 0. The molecule has 0 aliphatic carbocycles. The lowest BCUT2D eigenvalue weighted by Crippen LogP contribution is -2.41. The first-order valence-corrected chi connectivity index (χ1v) is 9.69. The quantitative estimate of drug-likeness (QED) is 0.692. The second-order valence-corrected chi connectivity index (χ2v) is 7.39. The second-order valence-electron chi connectivity index (χ2n) is 7.39. The summed E-state index contributed by atoms with van der Waals surface area (Å²) in [6.07, 6.45) is -0.752. The third kappa shape index (κ3) is 3.55. The fraction of sp³-hybridized carbons (Fsp3) is 0.217. The van der Waals surface area contributed by atoms with Crippen LogP contribution in [0, 0.1) is 18.3 Å². The number of aromatic nitrogens is 1. The number of nitriles is 1. The number of urea groups is 1. The second kappa shape index (κ2) is 7.84. The van der Waals surface area contributed by atoms with Gasteiger partial charge in [-0.1, -0.05) is 41.6 Å². The van der Waals surface area contributed by atoms with Gasteiger partial charge in [0, 0.05) is 17.2 Å². The zero-order valence-corrected chi connectivity index (χ0v) is 16.9. The minimum atomic E-state index is -0.752. The van der Waals surface area contributed by atoms with Crippen molar-refractivity contribution in [2.75, 3.05) is 0 Å². The van der Waals surface area contributed by atoms with Crippen molar-refractivity contribution in [2.24, 2.45) is 4.99 Å². The molecule has 1 atom stereocenters. The highest BCUT2D eigenvalue weighted by Crippen LogP contribution is 2.38. The number of benzene rings is 2. The fourth-order valence-corrected chi connectivity index (χ4v) is 3.52. The van der Waals surface area contributed by atoms with Crippen LogP contribution in [0.3, 0.4) is 0 Å². The fourth-order valence-electron chi connectivity index (χ4n) is 3.52. The monoisotopic (exact) mass is 399 g/mol. The topological polar surface area (TPSA) is 103 Å². The molecule has 7 heteroatoms. The van der Waals surface area contributed by atoms with Gasteiger partial charge in [0.05, 0.1) is 28.6 Å². The van der Waals surface area contributed by atoms with Gasteiger partial charge in [0.15, 0.2) is 11.9 Å². The Labute approximate surface area is 174 Å². The predicted molar refractivity (Wildman–Crippen MR) is 113 cm³/mol. The molecule has 0 saturated heterocycles. The highest BCUT2D eigenvalue weighted by atomic mass is 16.5. The maximum Gasteiger partial charge on any atom is 0.317 e. The Hall–Kier alpha value is -3.92. The van der Waals surface area contributed by atoms with Crippen LogP contribution in [0.15, 0.2) is 58.0 Å². The number of fused-ring (bicyclic) bond motifs is 3. The summed E-state index contributed by atoms with van der Waals surface area (Å²) in [5.41, 5.74) is 5.51. The minimum Gasteiger partial charge on any atom is -0.356 e. The number of rotatable bonds is 3. The number of amides is 2. The lowest BCUT2D eigenvalue weighted by molar-refractivity contribution is 0.232. The van der Waals surface area contributed by atoms with E-state index < -0.39 is 6.17 Å². The summed E-state index contributed by atoms with van der Waals surface area (Å²) < 4.78 is 5.62. The number of nitrogens with zero attached hydrogens (tertiary/aromatic N) is 3. The SMILES string of the molecule is Cc1noc2c1-c1ccccc1C(c1ccc(C#N)cc1)=NC2NC(=O)NC(C)C. The number of aryl methyl sites for hydroxylation is 1. The third-order valence-corrected chi connectivity index (χ3v) is 4.82. The van der Waals surface area contributed by atoms with E-state index in [2.05, 4.69) is 21.9 Å². The van der Waals surface area contributed by atoms with Gasteiger partial charge in [0.25, 0.3) is 0 Å². The third-order valence-electron chi connectivity index (χ3n) is 4.82. The summed E-state index contributed by atoms with van der Waals surface area (Å²) >= 11 is 0. The van der Waals surface area contributed by atoms with Gasteiger partial charge in [-0.3, -0.25) is 4.99 Å². The Morgan fingerprint density at radius 1 is 1.13 bits per heavy atom. The van der Waals surface area contributed by atoms with Crippen molar-refractivity contribution >= 4 is 11.7 Å². The van der Waals surface area contributed by atoms with Crippen LogP contribution in [0.1, 0.15) is 48.2 Å². The van der Waals surface area contributed by atoms with E-state index in [-0.39, 0.29) is 12.1 Å². The number of nitrogens with one attached hydrogen (secondary N) is 2. The van der Waals surface area contributed by atoms with Crippen LogP contribution in [0.25, 0.3) is 11.1 Å². The van der Waals surface area contributed by atoms with E-state index in [1.807, 2.05) is 57.2 Å². The first-order chi connectivity index (χ1) is 14.5. The Balaban J connectivity index is 1.89. The van der Waals surface area contributed by atoms with Gasteiger partial charge in [-0.2, -0.15) is 5.26 Å². The van der Waals surface area contributed by atoms with Gasteiger partial charge in [0.2, 0.25) is 0 Å². The summed E-state index contributed by atoms with van der Waals surface area (Å²) in [4.78, 5) is 17.3. The van der Waals surface area contributed by atoms with E-state index in [9.17, 15) is 4.79 Å². The number of hydrogen-bond acceptors (Lipinski definition) is 5. The molecule has 0 bridgehead atoms. The van der Waals surface area contributed by atoms with E-state index >= 15 is 0 Å². The molecule has 2 amide bonds. The Morgan fingerprint density at radius 2 is 1.83 bits per heavy atom. The molecule has 0 fully saturated rings. The van der Waals surface area contributed by atoms with Crippen molar-refractivity contribution in [1.29, 1.82) is 5.26 Å². The Morgan fingerprint density at radius 3 is 2.50 bits per heavy atom. The van der Waals surface area contributed by atoms with Crippen molar-refractivity contribution in [3.05, 3.63) is 76.7 Å². The number of hydrogen-bond donors (Lipinski definition) is 2. The molecule has 4 rings (SSSR count). The largest absolute Gasteiger partial charge is 0.356 e. The zero-order chi connectivity index (χ0) is 21.3. The van der Waals surface area contributed by atoms with E-state index in [0.717, 1.165) is 27.9 Å². The van der Waals surface area contributed by atoms with Gasteiger partial charge < -0.3 is 15.2 Å². The van der Waals surface area contributed by atoms with Gasteiger partial charge in [-0.25, -0.2) is 4.79 Å². The summed E-state index contributed by atoms with van der Waals surface area (Å²) in [5.74, 6) is 0.488. The van der Waals surface area contributed by atoms with Gasteiger partial charge >= 0.3 is 6.03 Å². The van der Waals surface area contributed by atoms with Gasteiger partial charge in [-0.05, 0) is 38.5 Å². The molecular weight excluding hydrogens is 378 g/mol. The van der Waals surface area contributed by atoms with Crippen LogP contribution in [0.4, 0.5) is 4.79 Å². The standard InChI is InChI=1S/C23H21N5O2/c1-13(2)25-23(29)27-22-21-19(14(3)28-30-21)17-6-4-5-7-18(17)20(26-22)16-10-8-15(12-24)9-11-16/h4-11,13,22H,1-3H3,(H2,25,27,29). The summed E-state index contributed by atoms with van der Waals surface area (Å²) in [6, 6.07) is 16.9. The van der Waals surface area contributed by atoms with Crippen molar-refractivity contribution in [1.82, 2.24) is 15.8 Å². The number of carbonyl (C=O) groups excluding carboxylic acids is 1. The normalized spacial score (nSPS) is 14.8. The summed E-state index contributed by atoms with van der Waals surface area (Å²) in [5, 5.41) is 19.0. The average molecular weight is 399 g/mol. The van der Waals surface area contributed by atoms with Gasteiger partial charge in [0.1, 0.15) is 0 Å². The van der Waals surface area contributed by atoms with Crippen LogP contribution in [0.2, 0.25) is 0 Å². The van der Waals surface area contributed by atoms with Crippen molar-refractivity contribution in [3.8, 4) is 17.2 Å². The highest BCUT2D eigenvalue weighted by Gasteiger charge is 2.31. The Kier molecular flexibility index (Phi) is 5.07. The van der Waals surface area contributed by atoms with Crippen molar-refractivity contribution < 1.29 is 9.32 Å². The molecule has 1 unspecified atom stereocenters. The van der Waals surface area contributed by atoms with Crippen LogP contribution >= 0.6 is 0 Å². The molecule has 1 aliphatic heterocycles. The highest BCUT2D eigenvalue weighted by molar-refractivity contribution is 6.17. The van der Waals surface area contributed by atoms with E-state index in [4.69, 9.17) is 14.8 Å². The minimum absolute atomic E-state index is 0.0223. The molecule has 2 N–H and O–H groups in total. The first-order valence-electron chi connectivity index (χ1n) is 9.69. The molecule has 2 aromatic carbocycles. The summed E-state index contributed by atoms with van der Waals surface area (Å²) in [6.45, 7) is 5.65. The molecule has 0 spiro atoms. The number of carbonyl (C=O) groups is 1. The zero-order valence-electron chi connectivity index (χ0n) is 16.9. The molecule has 0 saturated carbocycles. The van der Waals surface area contributed by atoms with Crippen molar-refractivity contribution in [2.45, 2.75) is 33.0 Å². The van der Waals surface area contributed by atoms with Crippen LogP contribution in [-0.2, 0) is 0 Å². The van der Waals surface area contributed by atoms with E-state index in [1.165, 1.54) is 0 Å². The molecule has 7 nitrogen and oxygen atoms in total. The molecule has 150 valence electrons. The first kappa shape index (κ1) is 19.4. The maximum absolute atomic E-state index is 12.5. The van der Waals surface area contributed by atoms with Crippen molar-refractivity contribution in [3.63, 3.8) is 0 Å². The smallest absolute Gasteiger partial charge is 0.317 e. The number of aliphatic imine (C=N–C) groups is 1. The molecular formula is C23H21N5O2. The molecule has 1 aromatic heterocycles.